The third kappa shape index (κ3) is 4.11. The Morgan fingerprint density at radius 3 is 2.25 bits per heavy atom. The lowest BCUT2D eigenvalue weighted by Gasteiger charge is -2.25. The van der Waals surface area contributed by atoms with E-state index in [0.717, 1.165) is 17.2 Å². The molecule has 0 spiro atoms. The zero-order valence-electron chi connectivity index (χ0n) is 12.8. The first-order valence-corrected chi connectivity index (χ1v) is 7.19. The fourth-order valence-electron chi connectivity index (χ4n) is 1.83. The van der Waals surface area contributed by atoms with E-state index in [1.165, 1.54) is 25.1 Å². The van der Waals surface area contributed by atoms with Gasteiger partial charge < -0.3 is 9.74 Å². The van der Waals surface area contributed by atoms with Crippen LogP contribution in [-0.2, 0) is 6.18 Å². The summed E-state index contributed by atoms with van der Waals surface area (Å²) in [6.45, 7) is 0. The van der Waals surface area contributed by atoms with Crippen LogP contribution in [0.25, 0.3) is 0 Å². The van der Waals surface area contributed by atoms with Crippen LogP contribution >= 0.6 is 11.6 Å². The van der Waals surface area contributed by atoms with Crippen LogP contribution in [-0.4, -0.2) is 25.0 Å². The predicted molar refractivity (Wildman–Crippen MR) is 85.1 cm³/mol. The minimum Gasteiger partial charge on any atom is -0.370 e. The van der Waals surface area contributed by atoms with Gasteiger partial charge in [0.2, 0.25) is 0 Å². The molecule has 128 valence electrons. The van der Waals surface area contributed by atoms with E-state index >= 15 is 0 Å². The Morgan fingerprint density at radius 1 is 1.08 bits per heavy atom. The maximum Gasteiger partial charge on any atom is 0.417 e. The van der Waals surface area contributed by atoms with Crippen LogP contribution in [0.15, 0.2) is 48.5 Å². The maximum atomic E-state index is 12.9. The van der Waals surface area contributed by atoms with Gasteiger partial charge in [-0.3, -0.25) is 0 Å². The van der Waals surface area contributed by atoms with Gasteiger partial charge in [-0.1, -0.05) is 29.8 Å². The molecule has 0 aromatic heterocycles. The van der Waals surface area contributed by atoms with Gasteiger partial charge in [-0.25, -0.2) is 4.79 Å². The molecule has 0 heterocycles. The summed E-state index contributed by atoms with van der Waals surface area (Å²) >= 11 is 5.58. The third-order valence-corrected chi connectivity index (χ3v) is 3.32. The molecule has 2 rings (SSSR count). The van der Waals surface area contributed by atoms with Crippen molar-refractivity contribution in [3.05, 3.63) is 59.1 Å². The lowest BCUT2D eigenvalue weighted by Crippen LogP contribution is -2.41. The van der Waals surface area contributed by atoms with Gasteiger partial charge in [-0.2, -0.15) is 13.2 Å². The summed E-state index contributed by atoms with van der Waals surface area (Å²) in [6.07, 6.45) is -4.63. The Kier molecular flexibility index (Phi) is 5.23. The Hall–Kier alpha value is -2.41. The first-order chi connectivity index (χ1) is 11.2. The highest BCUT2D eigenvalue weighted by Crippen LogP contribution is 2.37. The molecule has 0 fully saturated rings. The Morgan fingerprint density at radius 2 is 1.71 bits per heavy atom. The molecule has 0 N–H and O–H groups in total. The zero-order chi connectivity index (χ0) is 17.9. The summed E-state index contributed by atoms with van der Waals surface area (Å²) < 4.78 is 38.8. The van der Waals surface area contributed by atoms with Gasteiger partial charge in [0, 0.05) is 14.1 Å². The summed E-state index contributed by atoms with van der Waals surface area (Å²) in [6, 6.07) is 10.8. The number of carbonyl (C=O) groups excluding carboxylic acids is 1. The first kappa shape index (κ1) is 17.9. The third-order valence-electron chi connectivity index (χ3n) is 2.99. The fourth-order valence-corrected chi connectivity index (χ4v) is 2.06. The number of halogens is 4. The summed E-state index contributed by atoms with van der Waals surface area (Å²) in [5.41, 5.74) is -0.660. The highest BCUT2D eigenvalue weighted by Gasteiger charge is 2.34. The van der Waals surface area contributed by atoms with E-state index in [4.69, 9.17) is 16.4 Å². The van der Waals surface area contributed by atoms with Crippen molar-refractivity contribution in [2.75, 3.05) is 19.2 Å². The number of amides is 2. The number of hydroxylamine groups is 1. The zero-order valence-corrected chi connectivity index (χ0v) is 13.6. The normalized spacial score (nSPS) is 11.1. The van der Waals surface area contributed by atoms with Gasteiger partial charge in [0.15, 0.2) is 5.75 Å². The second-order valence-corrected chi connectivity index (χ2v) is 5.44. The summed E-state index contributed by atoms with van der Waals surface area (Å²) in [5, 5.41) is 0.462. The summed E-state index contributed by atoms with van der Waals surface area (Å²) in [7, 11) is 3.01. The largest absolute Gasteiger partial charge is 0.417 e. The summed E-state index contributed by atoms with van der Waals surface area (Å²) in [5.74, 6) is -0.161. The van der Waals surface area contributed by atoms with Crippen molar-refractivity contribution in [2.24, 2.45) is 0 Å². The van der Waals surface area contributed by atoms with Gasteiger partial charge in [-0.05, 0) is 30.3 Å². The molecular weight excluding hydrogens is 345 g/mol. The molecule has 0 radical (unpaired) electrons. The van der Waals surface area contributed by atoms with Crippen molar-refractivity contribution in [1.82, 2.24) is 4.90 Å². The Balaban J connectivity index is 2.39. The van der Waals surface area contributed by atoms with Gasteiger partial charge in [0.1, 0.15) is 0 Å². The smallest absolute Gasteiger partial charge is 0.370 e. The molecule has 2 aromatic rings. The van der Waals surface area contributed by atoms with E-state index in [1.807, 2.05) is 0 Å². The fraction of sp³-hybridized carbons (Fsp3) is 0.188. The van der Waals surface area contributed by atoms with E-state index in [0.29, 0.717) is 5.69 Å². The molecule has 0 aliphatic rings. The summed E-state index contributed by atoms with van der Waals surface area (Å²) in [4.78, 5) is 18.9. The van der Waals surface area contributed by atoms with E-state index in [-0.39, 0.29) is 5.75 Å². The standard InChI is InChI=1S/C16H14ClF3N2O2/c1-21(2)15(23)22(11-6-4-3-5-7-11)24-12-8-9-14(17)13(10-12)16(18,19)20/h3-10H,1-2H3. The number of hydrogen-bond donors (Lipinski definition) is 0. The monoisotopic (exact) mass is 358 g/mol. The SMILES string of the molecule is CN(C)C(=O)N(Oc1ccc(Cl)c(C(F)(F)F)c1)c1ccccc1. The molecular formula is C16H14ClF3N2O2. The average Bonchev–Trinajstić information content (AvgIpc) is 2.53. The predicted octanol–water partition coefficient (Wildman–Crippen LogP) is 4.84. The molecule has 0 saturated heterocycles. The van der Waals surface area contributed by atoms with Crippen molar-refractivity contribution >= 4 is 23.3 Å². The highest BCUT2D eigenvalue weighted by atomic mass is 35.5. The molecule has 2 aromatic carbocycles. The number of alkyl halides is 3. The highest BCUT2D eigenvalue weighted by molar-refractivity contribution is 6.31. The molecule has 0 atom stereocenters. The van der Waals surface area contributed by atoms with E-state index < -0.39 is 22.8 Å². The van der Waals surface area contributed by atoms with E-state index in [9.17, 15) is 18.0 Å². The number of benzene rings is 2. The van der Waals surface area contributed by atoms with Crippen LogP contribution in [0.1, 0.15) is 5.56 Å². The molecule has 0 saturated carbocycles. The molecule has 0 bridgehead atoms. The van der Waals surface area contributed by atoms with Crippen LogP contribution in [0.5, 0.6) is 5.75 Å². The molecule has 0 aliphatic carbocycles. The minimum absolute atomic E-state index is 0.161. The second-order valence-electron chi connectivity index (χ2n) is 5.04. The molecule has 8 heteroatoms. The number of hydrogen-bond acceptors (Lipinski definition) is 2. The minimum atomic E-state index is -4.63. The molecule has 0 aliphatic heterocycles. The van der Waals surface area contributed by atoms with Gasteiger partial charge in [-0.15, -0.1) is 5.06 Å². The molecule has 2 amide bonds. The van der Waals surface area contributed by atoms with E-state index in [2.05, 4.69) is 0 Å². The molecule has 4 nitrogen and oxygen atoms in total. The van der Waals surface area contributed by atoms with Gasteiger partial charge >= 0.3 is 12.2 Å². The first-order valence-electron chi connectivity index (χ1n) is 6.81. The number of anilines is 1. The van der Waals surface area contributed by atoms with Crippen LogP contribution in [0, 0.1) is 0 Å². The van der Waals surface area contributed by atoms with Gasteiger partial charge in [0.25, 0.3) is 0 Å². The van der Waals surface area contributed by atoms with Crippen molar-refractivity contribution < 1.29 is 22.8 Å². The molecule has 24 heavy (non-hydrogen) atoms. The Bertz CT molecular complexity index is 721. The van der Waals surface area contributed by atoms with Crippen LogP contribution in [0.3, 0.4) is 0 Å². The van der Waals surface area contributed by atoms with Crippen molar-refractivity contribution in [2.45, 2.75) is 6.18 Å². The van der Waals surface area contributed by atoms with Gasteiger partial charge in [0.05, 0.1) is 16.3 Å². The van der Waals surface area contributed by atoms with Crippen LogP contribution in [0.2, 0.25) is 5.02 Å². The number of carbonyl (C=O) groups is 1. The lowest BCUT2D eigenvalue weighted by molar-refractivity contribution is -0.137. The number of para-hydroxylation sites is 1. The van der Waals surface area contributed by atoms with Crippen molar-refractivity contribution in [1.29, 1.82) is 0 Å². The molecule has 0 unspecified atom stereocenters. The number of rotatable bonds is 3. The van der Waals surface area contributed by atoms with Crippen molar-refractivity contribution in [3.8, 4) is 5.75 Å². The number of nitrogens with zero attached hydrogens (tertiary/aromatic N) is 2. The van der Waals surface area contributed by atoms with E-state index in [1.54, 1.807) is 30.3 Å². The van der Waals surface area contributed by atoms with Crippen LogP contribution in [0.4, 0.5) is 23.7 Å². The van der Waals surface area contributed by atoms with Crippen LogP contribution < -0.4 is 9.90 Å². The maximum absolute atomic E-state index is 12.9. The van der Waals surface area contributed by atoms with Crippen molar-refractivity contribution in [3.63, 3.8) is 0 Å². The Labute approximate surface area is 141 Å². The number of urea groups is 1. The topological polar surface area (TPSA) is 32.8 Å². The lowest BCUT2D eigenvalue weighted by atomic mass is 10.2. The average molecular weight is 359 g/mol. The quantitative estimate of drug-likeness (QED) is 0.735. The second kappa shape index (κ2) is 7.00.